The first-order valence-electron chi connectivity index (χ1n) is 7.53. The molecule has 1 aromatic rings. The highest BCUT2D eigenvalue weighted by Crippen LogP contribution is 2.44. The van der Waals surface area contributed by atoms with E-state index in [1.807, 2.05) is 6.07 Å². The third-order valence-electron chi connectivity index (χ3n) is 4.07. The lowest BCUT2D eigenvalue weighted by atomic mass is 9.85. The second-order valence-corrected chi connectivity index (χ2v) is 5.56. The maximum absolute atomic E-state index is 5.62. The summed E-state index contributed by atoms with van der Waals surface area (Å²) < 4.78 is 16.5. The van der Waals surface area contributed by atoms with Gasteiger partial charge < -0.3 is 19.5 Å². The molecule has 0 saturated heterocycles. The normalized spacial score (nSPS) is 13.9. The van der Waals surface area contributed by atoms with Crippen molar-refractivity contribution in [2.75, 3.05) is 27.9 Å². The van der Waals surface area contributed by atoms with Crippen LogP contribution in [0.4, 0.5) is 0 Å². The molecule has 0 aromatic heterocycles. The Hall–Kier alpha value is -1.42. The highest BCUT2D eigenvalue weighted by Gasteiger charge is 2.27. The molecule has 1 rings (SSSR count). The molecular weight excluding hydrogens is 266 g/mol. The molecule has 120 valence electrons. The fourth-order valence-corrected chi connectivity index (χ4v) is 2.55. The smallest absolute Gasteiger partial charge is 0.203 e. The number of rotatable bonds is 8. The minimum atomic E-state index is 0.213. The predicted molar refractivity (Wildman–Crippen MR) is 86.5 cm³/mol. The van der Waals surface area contributed by atoms with Gasteiger partial charge in [-0.3, -0.25) is 0 Å². The van der Waals surface area contributed by atoms with Gasteiger partial charge in [-0.05, 0) is 30.5 Å². The monoisotopic (exact) mass is 295 g/mol. The van der Waals surface area contributed by atoms with Crippen molar-refractivity contribution in [2.24, 2.45) is 11.8 Å². The van der Waals surface area contributed by atoms with Gasteiger partial charge in [-0.25, -0.2) is 0 Å². The zero-order chi connectivity index (χ0) is 16.0. The standard InChI is InChI=1S/C17H29NO3/c1-8-18-15(12(4)11(2)3)13-9-10-14(19-5)17(21-7)16(13)20-6/h9-12,15,18H,8H2,1-7H3. The van der Waals surface area contributed by atoms with Crippen LogP contribution in [-0.2, 0) is 0 Å². The Bertz CT molecular complexity index is 446. The fourth-order valence-electron chi connectivity index (χ4n) is 2.55. The zero-order valence-electron chi connectivity index (χ0n) is 14.3. The average molecular weight is 295 g/mol. The lowest BCUT2D eigenvalue weighted by Crippen LogP contribution is -2.30. The van der Waals surface area contributed by atoms with Crippen LogP contribution < -0.4 is 19.5 Å². The van der Waals surface area contributed by atoms with E-state index in [1.165, 1.54) is 0 Å². The molecule has 0 aliphatic heterocycles. The Labute approximate surface area is 128 Å². The maximum Gasteiger partial charge on any atom is 0.203 e. The average Bonchev–Trinajstić information content (AvgIpc) is 2.50. The van der Waals surface area contributed by atoms with E-state index in [0.29, 0.717) is 23.3 Å². The van der Waals surface area contributed by atoms with E-state index in [0.717, 1.165) is 17.9 Å². The van der Waals surface area contributed by atoms with Crippen molar-refractivity contribution in [1.29, 1.82) is 0 Å². The third kappa shape index (κ3) is 3.82. The van der Waals surface area contributed by atoms with Gasteiger partial charge in [0.25, 0.3) is 0 Å². The predicted octanol–water partition coefficient (Wildman–Crippen LogP) is 3.66. The lowest BCUT2D eigenvalue weighted by Gasteiger charge is -2.30. The van der Waals surface area contributed by atoms with Crippen LogP contribution in [0.3, 0.4) is 0 Å². The Morgan fingerprint density at radius 3 is 2.00 bits per heavy atom. The van der Waals surface area contributed by atoms with Gasteiger partial charge >= 0.3 is 0 Å². The van der Waals surface area contributed by atoms with Crippen molar-refractivity contribution < 1.29 is 14.2 Å². The van der Waals surface area contributed by atoms with Crippen molar-refractivity contribution in [2.45, 2.75) is 33.7 Å². The fraction of sp³-hybridized carbons (Fsp3) is 0.647. The van der Waals surface area contributed by atoms with E-state index >= 15 is 0 Å². The van der Waals surface area contributed by atoms with Gasteiger partial charge in [0.05, 0.1) is 21.3 Å². The van der Waals surface area contributed by atoms with Crippen LogP contribution in [0.15, 0.2) is 12.1 Å². The summed E-state index contributed by atoms with van der Waals surface area (Å²) in [6.07, 6.45) is 0. The molecule has 0 aliphatic carbocycles. The number of methoxy groups -OCH3 is 3. The molecule has 2 atom stereocenters. The molecule has 0 fully saturated rings. The van der Waals surface area contributed by atoms with Gasteiger partial charge in [-0.15, -0.1) is 0 Å². The molecule has 21 heavy (non-hydrogen) atoms. The molecule has 4 heteroatoms. The summed E-state index contributed by atoms with van der Waals surface area (Å²) in [6, 6.07) is 4.21. The van der Waals surface area contributed by atoms with E-state index in [9.17, 15) is 0 Å². The van der Waals surface area contributed by atoms with Crippen molar-refractivity contribution in [3.63, 3.8) is 0 Å². The number of hydrogen-bond donors (Lipinski definition) is 1. The Kier molecular flexibility index (Phi) is 6.82. The Balaban J connectivity index is 3.37. The van der Waals surface area contributed by atoms with Crippen LogP contribution >= 0.6 is 0 Å². The zero-order valence-corrected chi connectivity index (χ0v) is 14.3. The number of nitrogens with one attached hydrogen (secondary N) is 1. The molecular formula is C17H29NO3. The molecule has 0 radical (unpaired) electrons. The summed E-state index contributed by atoms with van der Waals surface area (Å²) in [5.74, 6) is 3.11. The Morgan fingerprint density at radius 1 is 0.952 bits per heavy atom. The number of hydrogen-bond acceptors (Lipinski definition) is 4. The number of ether oxygens (including phenoxy) is 3. The third-order valence-corrected chi connectivity index (χ3v) is 4.07. The van der Waals surface area contributed by atoms with Crippen molar-refractivity contribution >= 4 is 0 Å². The van der Waals surface area contributed by atoms with E-state index in [4.69, 9.17) is 14.2 Å². The quantitative estimate of drug-likeness (QED) is 0.794. The molecule has 0 spiro atoms. The van der Waals surface area contributed by atoms with Crippen molar-refractivity contribution in [3.05, 3.63) is 17.7 Å². The van der Waals surface area contributed by atoms with Gasteiger partial charge in [-0.2, -0.15) is 0 Å². The maximum atomic E-state index is 5.62. The summed E-state index contributed by atoms with van der Waals surface area (Å²) in [5.41, 5.74) is 1.11. The van der Waals surface area contributed by atoms with E-state index in [1.54, 1.807) is 21.3 Å². The van der Waals surface area contributed by atoms with Crippen LogP contribution in [0.25, 0.3) is 0 Å². The molecule has 1 N–H and O–H groups in total. The molecule has 0 heterocycles. The first kappa shape index (κ1) is 17.6. The topological polar surface area (TPSA) is 39.7 Å². The highest BCUT2D eigenvalue weighted by molar-refractivity contribution is 5.56. The number of benzene rings is 1. The summed E-state index contributed by atoms with van der Waals surface area (Å²) in [6.45, 7) is 9.76. The van der Waals surface area contributed by atoms with Gasteiger partial charge in [0.2, 0.25) is 5.75 Å². The molecule has 1 aromatic carbocycles. The summed E-state index contributed by atoms with van der Waals surface area (Å²) in [7, 11) is 4.94. The van der Waals surface area contributed by atoms with Crippen LogP contribution in [0, 0.1) is 11.8 Å². The van der Waals surface area contributed by atoms with Crippen LogP contribution in [0.5, 0.6) is 17.2 Å². The molecule has 4 nitrogen and oxygen atoms in total. The van der Waals surface area contributed by atoms with Crippen LogP contribution in [-0.4, -0.2) is 27.9 Å². The van der Waals surface area contributed by atoms with Gasteiger partial charge in [-0.1, -0.05) is 27.7 Å². The summed E-state index contributed by atoms with van der Waals surface area (Å²) in [4.78, 5) is 0. The van der Waals surface area contributed by atoms with Gasteiger partial charge in [0.15, 0.2) is 11.5 Å². The minimum Gasteiger partial charge on any atom is -0.493 e. The van der Waals surface area contributed by atoms with Gasteiger partial charge in [0, 0.05) is 11.6 Å². The van der Waals surface area contributed by atoms with E-state index in [-0.39, 0.29) is 6.04 Å². The second-order valence-electron chi connectivity index (χ2n) is 5.56. The van der Waals surface area contributed by atoms with Crippen LogP contribution in [0.1, 0.15) is 39.3 Å². The van der Waals surface area contributed by atoms with E-state index < -0.39 is 0 Å². The minimum absolute atomic E-state index is 0.213. The first-order valence-corrected chi connectivity index (χ1v) is 7.53. The molecule has 0 saturated carbocycles. The first-order chi connectivity index (χ1) is 10.0. The largest absolute Gasteiger partial charge is 0.493 e. The lowest BCUT2D eigenvalue weighted by molar-refractivity contribution is 0.286. The SMILES string of the molecule is CCNC(c1ccc(OC)c(OC)c1OC)C(C)C(C)C. The summed E-state index contributed by atoms with van der Waals surface area (Å²) >= 11 is 0. The van der Waals surface area contributed by atoms with Crippen molar-refractivity contribution in [1.82, 2.24) is 5.32 Å². The molecule has 0 amide bonds. The molecule has 2 unspecified atom stereocenters. The van der Waals surface area contributed by atoms with Crippen molar-refractivity contribution in [3.8, 4) is 17.2 Å². The highest BCUT2D eigenvalue weighted by atomic mass is 16.5. The summed E-state index contributed by atoms with van der Waals surface area (Å²) in [5, 5.41) is 3.57. The van der Waals surface area contributed by atoms with Crippen LogP contribution in [0.2, 0.25) is 0 Å². The second kappa shape index (κ2) is 8.13. The Morgan fingerprint density at radius 2 is 1.57 bits per heavy atom. The van der Waals surface area contributed by atoms with E-state index in [2.05, 4.69) is 39.1 Å². The molecule has 0 aliphatic rings. The molecule has 0 bridgehead atoms. The van der Waals surface area contributed by atoms with Gasteiger partial charge in [0.1, 0.15) is 0 Å².